The van der Waals surface area contributed by atoms with Gasteiger partial charge in [-0.05, 0) is 25.1 Å². The molecule has 5 nitrogen and oxygen atoms in total. The lowest BCUT2D eigenvalue weighted by Crippen LogP contribution is -2.16. The number of carbonyl (C=O) groups is 2. The molecule has 0 fully saturated rings. The maximum absolute atomic E-state index is 11.5. The second-order valence-electron chi connectivity index (χ2n) is 3.50. The fourth-order valence-electron chi connectivity index (χ4n) is 1.30. The first kappa shape index (κ1) is 13.2. The van der Waals surface area contributed by atoms with Gasteiger partial charge in [0, 0.05) is 12.5 Å². The molecule has 0 heterocycles. The SMILES string of the molecule is COc1cc(C(=O)C(C)O)ccc1OC(C)=O. The summed E-state index contributed by atoms with van der Waals surface area (Å²) < 4.78 is 9.90. The van der Waals surface area contributed by atoms with Crippen molar-refractivity contribution < 1.29 is 24.2 Å². The Bertz CT molecular complexity index is 437. The van der Waals surface area contributed by atoms with Gasteiger partial charge in [-0.3, -0.25) is 9.59 Å². The van der Waals surface area contributed by atoms with E-state index in [4.69, 9.17) is 9.47 Å². The van der Waals surface area contributed by atoms with E-state index in [9.17, 15) is 14.7 Å². The third-order valence-electron chi connectivity index (χ3n) is 2.08. The van der Waals surface area contributed by atoms with Crippen molar-refractivity contribution >= 4 is 11.8 Å². The summed E-state index contributed by atoms with van der Waals surface area (Å²) in [6, 6.07) is 4.35. The first-order chi connectivity index (χ1) is 7.95. The van der Waals surface area contributed by atoms with Crippen molar-refractivity contribution in [1.29, 1.82) is 0 Å². The molecule has 1 atom stereocenters. The van der Waals surface area contributed by atoms with Gasteiger partial charge in [0.25, 0.3) is 0 Å². The Morgan fingerprint density at radius 2 is 1.94 bits per heavy atom. The van der Waals surface area contributed by atoms with Crippen LogP contribution in [0.2, 0.25) is 0 Å². The maximum Gasteiger partial charge on any atom is 0.308 e. The molecule has 0 spiro atoms. The van der Waals surface area contributed by atoms with Gasteiger partial charge in [0.15, 0.2) is 17.3 Å². The topological polar surface area (TPSA) is 72.8 Å². The van der Waals surface area contributed by atoms with Crippen LogP contribution in [0.15, 0.2) is 18.2 Å². The van der Waals surface area contributed by atoms with E-state index in [2.05, 4.69) is 0 Å². The van der Waals surface area contributed by atoms with Gasteiger partial charge in [0.1, 0.15) is 6.10 Å². The van der Waals surface area contributed by atoms with Gasteiger partial charge < -0.3 is 14.6 Å². The zero-order valence-electron chi connectivity index (χ0n) is 9.89. The summed E-state index contributed by atoms with van der Waals surface area (Å²) >= 11 is 0. The van der Waals surface area contributed by atoms with E-state index in [0.29, 0.717) is 5.56 Å². The number of benzene rings is 1. The highest BCUT2D eigenvalue weighted by Crippen LogP contribution is 2.28. The average molecular weight is 238 g/mol. The molecule has 1 aromatic carbocycles. The monoisotopic (exact) mass is 238 g/mol. The van der Waals surface area contributed by atoms with Crippen LogP contribution in [0.5, 0.6) is 11.5 Å². The molecule has 0 aromatic heterocycles. The quantitative estimate of drug-likeness (QED) is 0.484. The number of aliphatic hydroxyl groups is 1. The number of hydrogen-bond donors (Lipinski definition) is 1. The fourth-order valence-corrected chi connectivity index (χ4v) is 1.30. The largest absolute Gasteiger partial charge is 0.493 e. The summed E-state index contributed by atoms with van der Waals surface area (Å²) in [6.07, 6.45) is -1.08. The van der Waals surface area contributed by atoms with Crippen LogP contribution < -0.4 is 9.47 Å². The molecule has 17 heavy (non-hydrogen) atoms. The number of rotatable bonds is 4. The van der Waals surface area contributed by atoms with Crippen LogP contribution in [-0.4, -0.2) is 30.1 Å². The highest BCUT2D eigenvalue weighted by molar-refractivity contribution is 5.99. The van der Waals surface area contributed by atoms with E-state index in [1.165, 1.54) is 39.2 Å². The molecular formula is C12H14O5. The molecule has 1 unspecified atom stereocenters. The van der Waals surface area contributed by atoms with E-state index in [1.54, 1.807) is 0 Å². The average Bonchev–Trinajstić information content (AvgIpc) is 2.27. The molecule has 0 amide bonds. The predicted molar refractivity (Wildman–Crippen MR) is 60.3 cm³/mol. The Kier molecular flexibility index (Phi) is 4.23. The second kappa shape index (κ2) is 5.45. The van der Waals surface area contributed by atoms with Crippen LogP contribution >= 0.6 is 0 Å². The summed E-state index contributed by atoms with van der Waals surface area (Å²) in [5.74, 6) is -0.385. The van der Waals surface area contributed by atoms with Crippen molar-refractivity contribution in [2.75, 3.05) is 7.11 Å². The third kappa shape index (κ3) is 3.29. The van der Waals surface area contributed by atoms with Gasteiger partial charge in [0.05, 0.1) is 7.11 Å². The number of aliphatic hydroxyl groups excluding tert-OH is 1. The number of ketones is 1. The fraction of sp³-hybridized carbons (Fsp3) is 0.333. The first-order valence-corrected chi connectivity index (χ1v) is 5.04. The van der Waals surface area contributed by atoms with Gasteiger partial charge >= 0.3 is 5.97 Å². The lowest BCUT2D eigenvalue weighted by molar-refractivity contribution is -0.132. The number of hydrogen-bond acceptors (Lipinski definition) is 5. The molecule has 0 saturated heterocycles. The molecule has 0 aliphatic rings. The third-order valence-corrected chi connectivity index (χ3v) is 2.08. The molecule has 0 saturated carbocycles. The van der Waals surface area contributed by atoms with Crippen molar-refractivity contribution in [3.05, 3.63) is 23.8 Å². The first-order valence-electron chi connectivity index (χ1n) is 5.04. The molecule has 0 bridgehead atoms. The lowest BCUT2D eigenvalue weighted by Gasteiger charge is -2.10. The molecule has 1 N–H and O–H groups in total. The molecule has 1 aromatic rings. The minimum Gasteiger partial charge on any atom is -0.493 e. The van der Waals surface area contributed by atoms with Crippen molar-refractivity contribution in [3.8, 4) is 11.5 Å². The molecule has 0 aliphatic carbocycles. The van der Waals surface area contributed by atoms with Crippen molar-refractivity contribution in [1.82, 2.24) is 0 Å². The van der Waals surface area contributed by atoms with Crippen LogP contribution in [0.4, 0.5) is 0 Å². The van der Waals surface area contributed by atoms with Crippen molar-refractivity contribution in [2.45, 2.75) is 20.0 Å². The Hall–Kier alpha value is -1.88. The lowest BCUT2D eigenvalue weighted by atomic mass is 10.1. The van der Waals surface area contributed by atoms with Gasteiger partial charge in [-0.15, -0.1) is 0 Å². The molecule has 0 radical (unpaired) electrons. The van der Waals surface area contributed by atoms with Crippen LogP contribution in [0.1, 0.15) is 24.2 Å². The maximum atomic E-state index is 11.5. The van der Waals surface area contributed by atoms with Crippen LogP contribution in [0.3, 0.4) is 0 Å². The van der Waals surface area contributed by atoms with Gasteiger partial charge in [-0.25, -0.2) is 0 Å². The second-order valence-corrected chi connectivity index (χ2v) is 3.50. The van der Waals surface area contributed by atoms with Crippen LogP contribution in [0.25, 0.3) is 0 Å². The van der Waals surface area contributed by atoms with Crippen LogP contribution in [0, 0.1) is 0 Å². The Morgan fingerprint density at radius 1 is 1.29 bits per heavy atom. The zero-order chi connectivity index (χ0) is 13.0. The Morgan fingerprint density at radius 3 is 2.41 bits per heavy atom. The Balaban J connectivity index is 3.08. The smallest absolute Gasteiger partial charge is 0.308 e. The number of methoxy groups -OCH3 is 1. The van der Waals surface area contributed by atoms with E-state index in [-0.39, 0.29) is 11.5 Å². The van der Waals surface area contributed by atoms with E-state index in [1.807, 2.05) is 0 Å². The number of ether oxygens (including phenoxy) is 2. The van der Waals surface area contributed by atoms with Gasteiger partial charge in [-0.2, -0.15) is 0 Å². The molecular weight excluding hydrogens is 224 g/mol. The molecule has 0 aliphatic heterocycles. The van der Waals surface area contributed by atoms with Crippen molar-refractivity contribution in [2.24, 2.45) is 0 Å². The zero-order valence-corrected chi connectivity index (χ0v) is 9.89. The standard InChI is InChI=1S/C12H14O5/c1-7(13)12(15)9-4-5-10(17-8(2)14)11(6-9)16-3/h4-7,13H,1-3H3. The minimum absolute atomic E-state index is 0.238. The molecule has 1 rings (SSSR count). The highest BCUT2D eigenvalue weighted by Gasteiger charge is 2.15. The van der Waals surface area contributed by atoms with Crippen LogP contribution in [-0.2, 0) is 4.79 Å². The predicted octanol–water partition coefficient (Wildman–Crippen LogP) is 1.18. The van der Waals surface area contributed by atoms with Gasteiger partial charge in [-0.1, -0.05) is 0 Å². The molecule has 5 heteroatoms. The normalized spacial score (nSPS) is 11.8. The highest BCUT2D eigenvalue weighted by atomic mass is 16.6. The van der Waals surface area contributed by atoms with Gasteiger partial charge in [0.2, 0.25) is 0 Å². The van der Waals surface area contributed by atoms with E-state index < -0.39 is 17.9 Å². The summed E-state index contributed by atoms with van der Waals surface area (Å²) in [5, 5.41) is 9.18. The summed E-state index contributed by atoms with van der Waals surface area (Å²) in [7, 11) is 1.40. The summed E-state index contributed by atoms with van der Waals surface area (Å²) in [4.78, 5) is 22.4. The summed E-state index contributed by atoms with van der Waals surface area (Å²) in [6.45, 7) is 2.66. The summed E-state index contributed by atoms with van der Waals surface area (Å²) in [5.41, 5.74) is 0.299. The number of esters is 1. The number of carbonyl (C=O) groups excluding carboxylic acids is 2. The molecule has 92 valence electrons. The number of Topliss-reactive ketones (excluding diaryl/α,β-unsaturated/α-hetero) is 1. The minimum atomic E-state index is -1.08. The van der Waals surface area contributed by atoms with Crippen molar-refractivity contribution in [3.63, 3.8) is 0 Å². The van der Waals surface area contributed by atoms with E-state index >= 15 is 0 Å². The van der Waals surface area contributed by atoms with E-state index in [0.717, 1.165) is 0 Å². The Labute approximate surface area is 99.0 Å².